The van der Waals surface area contributed by atoms with Crippen molar-refractivity contribution in [3.8, 4) is 11.8 Å². The van der Waals surface area contributed by atoms with Crippen molar-refractivity contribution in [2.24, 2.45) is 0 Å². The van der Waals surface area contributed by atoms with Crippen LogP contribution >= 0.6 is 0 Å². The summed E-state index contributed by atoms with van der Waals surface area (Å²) in [7, 11) is 0. The number of nitriles is 1. The summed E-state index contributed by atoms with van der Waals surface area (Å²) in [6, 6.07) is 21.0. The smallest absolute Gasteiger partial charge is 0.259 e. The van der Waals surface area contributed by atoms with Gasteiger partial charge in [-0.15, -0.1) is 0 Å². The fraction of sp³-hybridized carbons (Fsp3) is 0.0870. The molecule has 1 heterocycles. The van der Waals surface area contributed by atoms with Crippen molar-refractivity contribution in [2.75, 3.05) is 6.61 Å². The van der Waals surface area contributed by atoms with Gasteiger partial charge in [0.15, 0.2) is 5.82 Å². The van der Waals surface area contributed by atoms with Gasteiger partial charge in [0.1, 0.15) is 11.8 Å². The molecule has 0 saturated carbocycles. The number of ether oxygens (including phenoxy) is 1. The molecule has 4 rings (SSSR count). The molecule has 0 bridgehead atoms. The lowest BCUT2D eigenvalue weighted by atomic mass is 10.0. The second kappa shape index (κ2) is 7.37. The first kappa shape index (κ1) is 17.5. The molecule has 5 heteroatoms. The quantitative estimate of drug-likeness (QED) is 0.537. The second-order valence-corrected chi connectivity index (χ2v) is 6.23. The van der Waals surface area contributed by atoms with E-state index in [1.807, 2.05) is 49.4 Å². The first-order chi connectivity index (χ1) is 13.7. The molecule has 0 atom stereocenters. The third-order valence-corrected chi connectivity index (χ3v) is 4.51. The van der Waals surface area contributed by atoms with Crippen molar-refractivity contribution < 1.29 is 4.74 Å². The molecule has 1 N–H and O–H groups in total. The van der Waals surface area contributed by atoms with Gasteiger partial charge in [-0.2, -0.15) is 5.26 Å². The van der Waals surface area contributed by atoms with Crippen molar-refractivity contribution in [1.82, 2.24) is 9.97 Å². The van der Waals surface area contributed by atoms with Gasteiger partial charge in [0.05, 0.1) is 23.1 Å². The van der Waals surface area contributed by atoms with E-state index in [1.54, 1.807) is 24.3 Å². The molecule has 3 aromatic carbocycles. The van der Waals surface area contributed by atoms with E-state index in [9.17, 15) is 10.1 Å². The average Bonchev–Trinajstić information content (AvgIpc) is 2.73. The average molecular weight is 367 g/mol. The number of H-pyrrole nitrogens is 1. The molecular weight excluding hydrogens is 350 g/mol. The van der Waals surface area contributed by atoms with E-state index in [0.29, 0.717) is 23.3 Å². The van der Waals surface area contributed by atoms with Gasteiger partial charge >= 0.3 is 0 Å². The zero-order chi connectivity index (χ0) is 19.5. The Hall–Kier alpha value is -3.91. The van der Waals surface area contributed by atoms with Crippen molar-refractivity contribution >= 4 is 33.3 Å². The number of hydrogen-bond donors (Lipinski definition) is 1. The van der Waals surface area contributed by atoms with Crippen LogP contribution in [-0.2, 0) is 0 Å². The van der Waals surface area contributed by atoms with Gasteiger partial charge in [0.2, 0.25) is 0 Å². The molecule has 0 saturated heterocycles. The highest BCUT2D eigenvalue weighted by atomic mass is 16.5. The van der Waals surface area contributed by atoms with Gasteiger partial charge in [-0.1, -0.05) is 42.5 Å². The van der Waals surface area contributed by atoms with Gasteiger partial charge in [0, 0.05) is 5.56 Å². The summed E-state index contributed by atoms with van der Waals surface area (Å²) in [5.41, 5.74) is 1.32. The van der Waals surface area contributed by atoms with Crippen LogP contribution in [-0.4, -0.2) is 16.6 Å². The van der Waals surface area contributed by atoms with Gasteiger partial charge < -0.3 is 9.72 Å². The minimum Gasteiger partial charge on any atom is -0.493 e. The Kier molecular flexibility index (Phi) is 4.61. The minimum absolute atomic E-state index is 0.238. The molecule has 5 nitrogen and oxygen atoms in total. The number of nitrogens with zero attached hydrogens (tertiary/aromatic N) is 2. The number of para-hydroxylation sites is 1. The molecule has 0 aliphatic heterocycles. The number of nitrogens with one attached hydrogen (secondary N) is 1. The second-order valence-electron chi connectivity index (χ2n) is 6.23. The Bertz CT molecular complexity index is 1310. The van der Waals surface area contributed by atoms with Crippen LogP contribution in [0, 0.1) is 11.3 Å². The van der Waals surface area contributed by atoms with Crippen LogP contribution in [0.5, 0.6) is 5.75 Å². The largest absolute Gasteiger partial charge is 0.493 e. The van der Waals surface area contributed by atoms with Crippen molar-refractivity contribution in [1.29, 1.82) is 5.26 Å². The first-order valence-corrected chi connectivity index (χ1v) is 8.97. The lowest BCUT2D eigenvalue weighted by molar-refractivity contribution is 0.340. The highest BCUT2D eigenvalue weighted by Crippen LogP contribution is 2.31. The molecule has 0 spiro atoms. The minimum atomic E-state index is -0.273. The number of aromatic amines is 1. The van der Waals surface area contributed by atoms with E-state index in [0.717, 1.165) is 16.3 Å². The van der Waals surface area contributed by atoms with E-state index < -0.39 is 0 Å². The maximum atomic E-state index is 12.4. The van der Waals surface area contributed by atoms with Crippen molar-refractivity contribution in [2.45, 2.75) is 6.92 Å². The Morgan fingerprint density at radius 3 is 2.64 bits per heavy atom. The van der Waals surface area contributed by atoms with Gasteiger partial charge in [-0.05, 0) is 42.0 Å². The predicted octanol–water partition coefficient (Wildman–Crippen LogP) is 4.54. The molecule has 28 heavy (non-hydrogen) atoms. The molecule has 0 unspecified atom stereocenters. The molecule has 136 valence electrons. The third-order valence-electron chi connectivity index (χ3n) is 4.51. The zero-order valence-corrected chi connectivity index (χ0v) is 15.3. The fourth-order valence-corrected chi connectivity index (χ4v) is 3.22. The molecule has 0 radical (unpaired) electrons. The number of benzene rings is 3. The number of fused-ring (bicyclic) bond motifs is 2. The van der Waals surface area contributed by atoms with Crippen LogP contribution in [0.4, 0.5) is 0 Å². The summed E-state index contributed by atoms with van der Waals surface area (Å²) in [4.78, 5) is 19.6. The molecule has 1 aromatic heterocycles. The number of allylic oxidation sites excluding steroid dienone is 1. The SMILES string of the molecule is CCOc1ccc2ccccc2c1C=C(C#N)c1nc2ccccc2c(=O)[nH]1. The summed E-state index contributed by atoms with van der Waals surface area (Å²) in [5, 5.41) is 12.3. The van der Waals surface area contributed by atoms with Crippen molar-refractivity contribution in [3.63, 3.8) is 0 Å². The van der Waals surface area contributed by atoms with Crippen LogP contribution in [0.2, 0.25) is 0 Å². The highest BCUT2D eigenvalue weighted by Gasteiger charge is 2.12. The van der Waals surface area contributed by atoms with Crippen LogP contribution in [0.25, 0.3) is 33.3 Å². The van der Waals surface area contributed by atoms with E-state index >= 15 is 0 Å². The normalized spacial score (nSPS) is 11.5. The maximum absolute atomic E-state index is 12.4. The number of aromatic nitrogens is 2. The maximum Gasteiger partial charge on any atom is 0.259 e. The summed E-state index contributed by atoms with van der Waals surface area (Å²) < 4.78 is 5.77. The van der Waals surface area contributed by atoms with Crippen LogP contribution in [0.1, 0.15) is 18.3 Å². The molecule has 0 aliphatic rings. The molecular formula is C23H17N3O2. The summed E-state index contributed by atoms with van der Waals surface area (Å²) in [6.45, 7) is 2.42. The molecule has 4 aromatic rings. The Labute approximate surface area is 161 Å². The van der Waals surface area contributed by atoms with Gasteiger partial charge in [-0.25, -0.2) is 4.98 Å². The van der Waals surface area contributed by atoms with Crippen molar-refractivity contribution in [3.05, 3.63) is 82.4 Å². The van der Waals surface area contributed by atoms with Crippen LogP contribution < -0.4 is 10.3 Å². The number of hydrogen-bond acceptors (Lipinski definition) is 4. The lowest BCUT2D eigenvalue weighted by Crippen LogP contribution is -2.11. The topological polar surface area (TPSA) is 78.8 Å². The Morgan fingerprint density at radius 1 is 1.11 bits per heavy atom. The van der Waals surface area contributed by atoms with E-state index in [2.05, 4.69) is 16.0 Å². The molecule has 0 fully saturated rings. The fourth-order valence-electron chi connectivity index (χ4n) is 3.22. The lowest BCUT2D eigenvalue weighted by Gasteiger charge is -2.11. The summed E-state index contributed by atoms with van der Waals surface area (Å²) >= 11 is 0. The standard InChI is InChI=1S/C23H17N3O2/c1-2-28-21-12-11-15-7-3-4-8-17(15)19(21)13-16(14-24)22-25-20-10-6-5-9-18(20)23(27)26-22/h3-13H,2H2,1H3,(H,25,26,27). The Balaban J connectivity index is 1.96. The van der Waals surface area contributed by atoms with Gasteiger partial charge in [0.25, 0.3) is 5.56 Å². The summed E-state index contributed by atoms with van der Waals surface area (Å²) in [6.07, 6.45) is 1.72. The van der Waals surface area contributed by atoms with Crippen LogP contribution in [0.3, 0.4) is 0 Å². The van der Waals surface area contributed by atoms with Crippen LogP contribution in [0.15, 0.2) is 65.5 Å². The van der Waals surface area contributed by atoms with E-state index in [-0.39, 0.29) is 17.0 Å². The molecule has 0 amide bonds. The summed E-state index contributed by atoms with van der Waals surface area (Å²) in [5.74, 6) is 0.915. The Morgan fingerprint density at radius 2 is 1.86 bits per heavy atom. The third kappa shape index (κ3) is 3.12. The van der Waals surface area contributed by atoms with E-state index in [1.165, 1.54) is 0 Å². The molecule has 0 aliphatic carbocycles. The predicted molar refractivity (Wildman–Crippen MR) is 111 cm³/mol. The highest BCUT2D eigenvalue weighted by molar-refractivity contribution is 5.99. The van der Waals surface area contributed by atoms with Gasteiger partial charge in [-0.3, -0.25) is 4.79 Å². The monoisotopic (exact) mass is 367 g/mol. The van der Waals surface area contributed by atoms with E-state index in [4.69, 9.17) is 4.74 Å². The zero-order valence-electron chi connectivity index (χ0n) is 15.3. The number of rotatable bonds is 4. The first-order valence-electron chi connectivity index (χ1n) is 8.97.